The minimum Gasteiger partial charge on any atom is -0.395 e. The van der Waals surface area contributed by atoms with Gasteiger partial charge in [0.2, 0.25) is 0 Å². The first-order valence-corrected chi connectivity index (χ1v) is 8.59. The zero-order chi connectivity index (χ0) is 17.6. The van der Waals surface area contributed by atoms with Crippen LogP contribution in [0.5, 0.6) is 0 Å². The second-order valence-electron chi connectivity index (χ2n) is 6.18. The van der Waals surface area contributed by atoms with Crippen LogP contribution >= 0.6 is 0 Å². The average Bonchev–Trinajstić information content (AvgIpc) is 2.63. The highest BCUT2D eigenvalue weighted by atomic mass is 16.3. The van der Waals surface area contributed by atoms with E-state index in [9.17, 15) is 4.79 Å². The Kier molecular flexibility index (Phi) is 5.63. The van der Waals surface area contributed by atoms with Gasteiger partial charge in [0.25, 0.3) is 0 Å². The predicted molar refractivity (Wildman–Crippen MR) is 101 cm³/mol. The van der Waals surface area contributed by atoms with Gasteiger partial charge in [-0.2, -0.15) is 5.10 Å². The number of carbonyl (C=O) groups excluding carboxylic acids is 1. The van der Waals surface area contributed by atoms with E-state index in [1.165, 1.54) is 0 Å². The smallest absolute Gasteiger partial charge is 0.196 e. The molecule has 0 amide bonds. The number of fused-ring (bicyclic) bond motifs is 1. The van der Waals surface area contributed by atoms with Gasteiger partial charge in [0.05, 0.1) is 12.3 Å². The van der Waals surface area contributed by atoms with Crippen molar-refractivity contribution in [3.05, 3.63) is 42.5 Å². The summed E-state index contributed by atoms with van der Waals surface area (Å²) in [5.41, 5.74) is 3.96. The fourth-order valence-electron chi connectivity index (χ4n) is 3.13. The molecule has 6 heteroatoms. The molecule has 6 nitrogen and oxygen atoms in total. The van der Waals surface area contributed by atoms with Crippen molar-refractivity contribution in [2.45, 2.75) is 6.92 Å². The van der Waals surface area contributed by atoms with Crippen LogP contribution in [0.25, 0.3) is 10.8 Å². The van der Waals surface area contributed by atoms with Crippen LogP contribution in [0.3, 0.4) is 0 Å². The second kappa shape index (κ2) is 8.09. The maximum absolute atomic E-state index is 12.1. The Balaban J connectivity index is 1.76. The van der Waals surface area contributed by atoms with Crippen LogP contribution < -0.4 is 5.43 Å². The molecule has 25 heavy (non-hydrogen) atoms. The number of Topliss-reactive ketones (excluding diaryl/α,β-unsaturated/α-hetero) is 1. The molecule has 2 aromatic carbocycles. The van der Waals surface area contributed by atoms with Crippen molar-refractivity contribution in [1.29, 1.82) is 0 Å². The number of aliphatic hydroxyl groups is 1. The number of hydrogen-bond acceptors (Lipinski definition) is 5. The predicted octanol–water partition coefficient (Wildman–Crippen LogP) is 1.76. The molecule has 0 saturated carbocycles. The lowest BCUT2D eigenvalue weighted by Gasteiger charge is -2.35. The maximum Gasteiger partial charge on any atom is 0.196 e. The normalized spacial score (nSPS) is 16.2. The molecule has 0 radical (unpaired) electrons. The molecule has 1 fully saturated rings. The number of β-amino-alcohol motifs (C(OH)–C–C–N with tert-alkyl or cyclic N) is 1. The number of anilines is 1. The van der Waals surface area contributed by atoms with Gasteiger partial charge in [0.1, 0.15) is 0 Å². The van der Waals surface area contributed by atoms with Crippen LogP contribution in [-0.4, -0.2) is 65.9 Å². The fraction of sp³-hybridized carbons (Fsp3) is 0.368. The number of carbonyl (C=O) groups is 1. The third kappa shape index (κ3) is 4.15. The number of piperazine rings is 1. The number of nitrogens with one attached hydrogen (secondary N) is 1. The molecule has 3 rings (SSSR count). The quantitative estimate of drug-likeness (QED) is 0.493. The largest absolute Gasteiger partial charge is 0.395 e. The highest BCUT2D eigenvalue weighted by molar-refractivity contribution is 6.38. The van der Waals surface area contributed by atoms with Crippen molar-refractivity contribution in [3.63, 3.8) is 0 Å². The standard InChI is InChI=1S/C19H24N4O2/c1-15(25)19(23-11-9-22(10-12-23)13-14-24)21-20-18-8-4-6-16-5-2-3-7-17(16)18/h2-8,20,24H,9-14H2,1H3. The van der Waals surface area contributed by atoms with Crippen LogP contribution in [0.15, 0.2) is 47.6 Å². The summed E-state index contributed by atoms with van der Waals surface area (Å²) < 4.78 is 0. The van der Waals surface area contributed by atoms with Crippen LogP contribution in [0.4, 0.5) is 5.69 Å². The van der Waals surface area contributed by atoms with E-state index in [2.05, 4.69) is 27.6 Å². The average molecular weight is 340 g/mol. The summed E-state index contributed by atoms with van der Waals surface area (Å²) in [4.78, 5) is 16.3. The monoisotopic (exact) mass is 340 g/mol. The van der Waals surface area contributed by atoms with Gasteiger partial charge < -0.3 is 10.0 Å². The topological polar surface area (TPSA) is 68.2 Å². The summed E-state index contributed by atoms with van der Waals surface area (Å²) in [6.45, 7) is 5.49. The minimum absolute atomic E-state index is 0.0525. The lowest BCUT2D eigenvalue weighted by atomic mass is 10.1. The van der Waals surface area contributed by atoms with Crippen LogP contribution in [0.2, 0.25) is 0 Å². The number of rotatable bonds is 5. The first-order chi connectivity index (χ1) is 12.2. The zero-order valence-corrected chi connectivity index (χ0v) is 14.5. The summed E-state index contributed by atoms with van der Waals surface area (Å²) in [6.07, 6.45) is 0. The van der Waals surface area contributed by atoms with E-state index in [0.29, 0.717) is 12.4 Å². The molecule has 132 valence electrons. The van der Waals surface area contributed by atoms with Crippen molar-refractivity contribution in [2.24, 2.45) is 5.10 Å². The van der Waals surface area contributed by atoms with Gasteiger partial charge in [-0.3, -0.25) is 15.1 Å². The lowest BCUT2D eigenvalue weighted by Crippen LogP contribution is -2.51. The Morgan fingerprint density at radius 3 is 2.56 bits per heavy atom. The fourth-order valence-corrected chi connectivity index (χ4v) is 3.13. The molecule has 1 heterocycles. The molecule has 0 aromatic heterocycles. The lowest BCUT2D eigenvalue weighted by molar-refractivity contribution is -0.111. The SMILES string of the molecule is CC(=O)C(=NNc1cccc2ccccc12)N1CCN(CCO)CC1. The van der Waals surface area contributed by atoms with Gasteiger partial charge in [-0.15, -0.1) is 0 Å². The molecule has 1 aliphatic rings. The zero-order valence-electron chi connectivity index (χ0n) is 14.5. The number of benzene rings is 2. The van der Waals surface area contributed by atoms with Crippen molar-refractivity contribution in [2.75, 3.05) is 44.8 Å². The Morgan fingerprint density at radius 1 is 1.12 bits per heavy atom. The van der Waals surface area contributed by atoms with E-state index < -0.39 is 0 Å². The van der Waals surface area contributed by atoms with E-state index in [1.807, 2.05) is 35.2 Å². The molecule has 1 saturated heterocycles. The number of amidine groups is 1. The molecule has 2 aromatic rings. The number of hydrazone groups is 1. The number of hydrogen-bond donors (Lipinski definition) is 2. The molecule has 0 aliphatic carbocycles. The van der Waals surface area contributed by atoms with E-state index in [-0.39, 0.29) is 12.4 Å². The Morgan fingerprint density at radius 2 is 1.84 bits per heavy atom. The van der Waals surface area contributed by atoms with E-state index in [4.69, 9.17) is 5.11 Å². The molecule has 0 bridgehead atoms. The first kappa shape index (κ1) is 17.4. The molecular formula is C19H24N4O2. The second-order valence-corrected chi connectivity index (χ2v) is 6.18. The van der Waals surface area contributed by atoms with Gasteiger partial charge in [0.15, 0.2) is 11.6 Å². The van der Waals surface area contributed by atoms with E-state index in [0.717, 1.165) is 42.6 Å². The number of nitrogens with zero attached hydrogens (tertiary/aromatic N) is 3. The van der Waals surface area contributed by atoms with Crippen LogP contribution in [-0.2, 0) is 4.79 Å². The summed E-state index contributed by atoms with van der Waals surface area (Å²) in [6, 6.07) is 14.1. The highest BCUT2D eigenvalue weighted by Gasteiger charge is 2.22. The summed E-state index contributed by atoms with van der Waals surface area (Å²) in [5, 5.41) is 15.7. The van der Waals surface area contributed by atoms with Crippen molar-refractivity contribution < 1.29 is 9.90 Å². The van der Waals surface area contributed by atoms with Crippen LogP contribution in [0.1, 0.15) is 6.92 Å². The highest BCUT2D eigenvalue weighted by Crippen LogP contribution is 2.23. The molecule has 2 N–H and O–H groups in total. The molecular weight excluding hydrogens is 316 g/mol. The number of ketones is 1. The minimum atomic E-state index is -0.0525. The Hall–Kier alpha value is -2.44. The van der Waals surface area contributed by atoms with E-state index in [1.54, 1.807) is 6.92 Å². The van der Waals surface area contributed by atoms with Crippen molar-refractivity contribution >= 4 is 28.1 Å². The van der Waals surface area contributed by atoms with E-state index >= 15 is 0 Å². The van der Waals surface area contributed by atoms with Crippen molar-refractivity contribution in [3.8, 4) is 0 Å². The molecule has 0 atom stereocenters. The Bertz CT molecular complexity index is 762. The number of aliphatic hydroxyl groups excluding tert-OH is 1. The maximum atomic E-state index is 12.1. The molecule has 0 unspecified atom stereocenters. The molecule has 1 aliphatic heterocycles. The Labute approximate surface area is 147 Å². The van der Waals surface area contributed by atoms with Gasteiger partial charge in [-0.05, 0) is 11.5 Å². The summed E-state index contributed by atoms with van der Waals surface area (Å²) in [7, 11) is 0. The van der Waals surface area contributed by atoms with Gasteiger partial charge in [-0.1, -0.05) is 36.4 Å². The third-order valence-corrected chi connectivity index (χ3v) is 4.47. The van der Waals surface area contributed by atoms with Gasteiger partial charge in [-0.25, -0.2) is 0 Å². The van der Waals surface area contributed by atoms with Crippen molar-refractivity contribution in [1.82, 2.24) is 9.80 Å². The first-order valence-electron chi connectivity index (χ1n) is 8.59. The van der Waals surface area contributed by atoms with Crippen LogP contribution in [0, 0.1) is 0 Å². The molecule has 0 spiro atoms. The third-order valence-electron chi connectivity index (χ3n) is 4.47. The summed E-state index contributed by atoms with van der Waals surface area (Å²) in [5.74, 6) is 0.403. The summed E-state index contributed by atoms with van der Waals surface area (Å²) >= 11 is 0. The van der Waals surface area contributed by atoms with Gasteiger partial charge in [0, 0.05) is 45.0 Å². The van der Waals surface area contributed by atoms with Gasteiger partial charge >= 0.3 is 0 Å².